The van der Waals surface area contributed by atoms with E-state index in [2.05, 4.69) is 33.8 Å². The number of nitrogens with zero attached hydrogens (tertiary/aromatic N) is 8. The van der Waals surface area contributed by atoms with Gasteiger partial charge >= 0.3 is 0 Å². The number of hydrogen-bond donors (Lipinski definition) is 0. The van der Waals surface area contributed by atoms with Crippen molar-refractivity contribution < 1.29 is 4.79 Å². The van der Waals surface area contributed by atoms with Gasteiger partial charge in [0.2, 0.25) is 5.91 Å². The molecule has 2 saturated carbocycles. The second-order valence-electron chi connectivity index (χ2n) is 10.8. The molecule has 0 radical (unpaired) electrons. The summed E-state index contributed by atoms with van der Waals surface area (Å²) in [6, 6.07) is 8.28. The number of fused-ring (bicyclic) bond motifs is 2. The number of carbonyl (C=O) groups is 1. The molecular weight excluding hydrogens is 452 g/mol. The third kappa shape index (κ3) is 3.33. The smallest absolute Gasteiger partial charge is 0.243 e. The molecule has 9 heteroatoms. The number of nitriles is 2. The van der Waals surface area contributed by atoms with Gasteiger partial charge in [0.15, 0.2) is 0 Å². The molecule has 2 aliphatic carbocycles. The Balaban J connectivity index is 1.33. The summed E-state index contributed by atoms with van der Waals surface area (Å²) in [7, 11) is 0. The topological polar surface area (TPSA) is 113 Å². The van der Waals surface area contributed by atoms with E-state index in [1.54, 1.807) is 18.6 Å². The summed E-state index contributed by atoms with van der Waals surface area (Å²) in [5.41, 5.74) is 0.933. The number of pyridine rings is 1. The van der Waals surface area contributed by atoms with E-state index in [-0.39, 0.29) is 17.4 Å². The van der Waals surface area contributed by atoms with Crippen molar-refractivity contribution in [2.45, 2.75) is 63.3 Å². The fourth-order valence-electron chi connectivity index (χ4n) is 6.34. The lowest BCUT2D eigenvalue weighted by Crippen LogP contribution is -2.48. The largest absolute Gasteiger partial charge is 0.352 e. The minimum absolute atomic E-state index is 0.00306. The third-order valence-corrected chi connectivity index (χ3v) is 8.87. The fraction of sp³-hybridized carbons (Fsp3) is 0.556. The SMILES string of the molecule is CC1CCN(C(=O)C2(C#N)CCC2)CCN1c1ncnc2c1C1(CCC1)CN2c1cc(C#N)ccn1. The quantitative estimate of drug-likeness (QED) is 0.654. The number of rotatable bonds is 3. The molecule has 0 N–H and O–H groups in total. The summed E-state index contributed by atoms with van der Waals surface area (Å²) >= 11 is 0. The van der Waals surface area contributed by atoms with Gasteiger partial charge in [0.25, 0.3) is 0 Å². The average Bonchev–Trinajstić information content (AvgIpc) is 3.11. The molecule has 1 amide bonds. The predicted molar refractivity (Wildman–Crippen MR) is 133 cm³/mol. The van der Waals surface area contributed by atoms with Gasteiger partial charge in [-0.3, -0.25) is 4.79 Å². The molecule has 9 nitrogen and oxygen atoms in total. The van der Waals surface area contributed by atoms with E-state index >= 15 is 0 Å². The van der Waals surface area contributed by atoms with Crippen LogP contribution >= 0.6 is 0 Å². The van der Waals surface area contributed by atoms with Gasteiger partial charge in [-0.15, -0.1) is 0 Å². The van der Waals surface area contributed by atoms with Crippen molar-refractivity contribution in [3.63, 3.8) is 0 Å². The average molecular weight is 483 g/mol. The first-order valence-corrected chi connectivity index (χ1v) is 13.0. The Morgan fingerprint density at radius 3 is 2.50 bits per heavy atom. The lowest BCUT2D eigenvalue weighted by Gasteiger charge is -2.41. The highest BCUT2D eigenvalue weighted by Gasteiger charge is 2.52. The van der Waals surface area contributed by atoms with Crippen molar-refractivity contribution in [2.24, 2.45) is 5.41 Å². The molecule has 6 rings (SSSR count). The van der Waals surface area contributed by atoms with Crippen molar-refractivity contribution in [1.82, 2.24) is 19.9 Å². The highest BCUT2D eigenvalue weighted by atomic mass is 16.2. The molecule has 1 spiro atoms. The van der Waals surface area contributed by atoms with Crippen LogP contribution in [-0.2, 0) is 10.2 Å². The summed E-state index contributed by atoms with van der Waals surface area (Å²) in [6.07, 6.45) is 9.77. The maximum atomic E-state index is 13.3. The fourth-order valence-corrected chi connectivity index (χ4v) is 6.34. The lowest BCUT2D eigenvalue weighted by molar-refractivity contribution is -0.142. The predicted octanol–water partition coefficient (Wildman–Crippen LogP) is 3.44. The normalized spacial score (nSPS) is 23.6. The third-order valence-electron chi connectivity index (χ3n) is 8.87. The molecule has 36 heavy (non-hydrogen) atoms. The number of amides is 1. The van der Waals surface area contributed by atoms with E-state index < -0.39 is 5.41 Å². The Hall–Kier alpha value is -3.72. The van der Waals surface area contributed by atoms with Gasteiger partial charge in [-0.1, -0.05) is 6.42 Å². The van der Waals surface area contributed by atoms with Gasteiger partial charge in [0.1, 0.15) is 29.2 Å². The minimum Gasteiger partial charge on any atom is -0.352 e. The second kappa shape index (κ2) is 8.44. The number of carbonyl (C=O) groups excluding carboxylic acids is 1. The van der Waals surface area contributed by atoms with Crippen molar-refractivity contribution in [3.8, 4) is 12.1 Å². The molecule has 2 aliphatic heterocycles. The standard InChI is InChI=1S/C27H30N8O/c1-19-5-11-33(25(36)26(16-29)6-2-7-26)12-13-34(19)23-22-24(32-18-31-23)35(17-27(22)8-3-9-27)21-14-20(15-28)4-10-30-21/h4,10,14,18-19H,2-3,5-9,11-13,17H2,1H3. The van der Waals surface area contributed by atoms with Gasteiger partial charge in [0.05, 0.1) is 17.7 Å². The van der Waals surface area contributed by atoms with Crippen molar-refractivity contribution in [1.29, 1.82) is 10.5 Å². The summed E-state index contributed by atoms with van der Waals surface area (Å²) in [6.45, 7) is 4.91. The van der Waals surface area contributed by atoms with Crippen LogP contribution in [0.3, 0.4) is 0 Å². The summed E-state index contributed by atoms with van der Waals surface area (Å²) in [5, 5.41) is 19.1. The van der Waals surface area contributed by atoms with Crippen LogP contribution in [0.4, 0.5) is 17.5 Å². The van der Waals surface area contributed by atoms with Crippen LogP contribution in [0.15, 0.2) is 24.7 Å². The van der Waals surface area contributed by atoms with E-state index in [1.807, 2.05) is 11.0 Å². The first-order valence-electron chi connectivity index (χ1n) is 13.0. The summed E-state index contributed by atoms with van der Waals surface area (Å²) in [5.74, 6) is 2.58. The summed E-state index contributed by atoms with van der Waals surface area (Å²) < 4.78 is 0. The summed E-state index contributed by atoms with van der Waals surface area (Å²) in [4.78, 5) is 33.8. The van der Waals surface area contributed by atoms with Crippen LogP contribution in [0.25, 0.3) is 0 Å². The molecule has 1 unspecified atom stereocenters. The molecule has 1 saturated heterocycles. The Bertz CT molecular complexity index is 1290. The zero-order valence-electron chi connectivity index (χ0n) is 20.7. The molecule has 0 bridgehead atoms. The molecule has 3 fully saturated rings. The van der Waals surface area contributed by atoms with Gasteiger partial charge in [-0.2, -0.15) is 10.5 Å². The van der Waals surface area contributed by atoms with Gasteiger partial charge in [-0.25, -0.2) is 15.0 Å². The molecule has 2 aromatic heterocycles. The van der Waals surface area contributed by atoms with Crippen LogP contribution in [0.5, 0.6) is 0 Å². The van der Waals surface area contributed by atoms with E-state index in [1.165, 1.54) is 12.0 Å². The first-order chi connectivity index (χ1) is 17.5. The van der Waals surface area contributed by atoms with Gasteiger partial charge < -0.3 is 14.7 Å². The van der Waals surface area contributed by atoms with Gasteiger partial charge in [0, 0.05) is 49.4 Å². The van der Waals surface area contributed by atoms with Crippen LogP contribution in [0.2, 0.25) is 0 Å². The van der Waals surface area contributed by atoms with Crippen LogP contribution in [0.1, 0.15) is 63.0 Å². The molecular formula is C27H30N8O. The molecule has 0 aromatic carbocycles. The molecule has 2 aromatic rings. The Labute approximate surface area is 211 Å². The Morgan fingerprint density at radius 1 is 1.06 bits per heavy atom. The van der Waals surface area contributed by atoms with Crippen molar-refractivity contribution in [3.05, 3.63) is 35.8 Å². The lowest BCUT2D eigenvalue weighted by atomic mass is 9.66. The zero-order chi connectivity index (χ0) is 24.9. The molecule has 184 valence electrons. The van der Waals surface area contributed by atoms with E-state index in [0.717, 1.165) is 49.7 Å². The Kier molecular flexibility index (Phi) is 5.33. The van der Waals surface area contributed by atoms with Crippen LogP contribution in [-0.4, -0.2) is 58.0 Å². The molecule has 4 heterocycles. The number of anilines is 3. The van der Waals surface area contributed by atoms with E-state index in [0.29, 0.717) is 38.0 Å². The van der Waals surface area contributed by atoms with E-state index in [9.17, 15) is 15.3 Å². The Morgan fingerprint density at radius 2 is 1.83 bits per heavy atom. The second-order valence-corrected chi connectivity index (χ2v) is 10.8. The highest BCUT2D eigenvalue weighted by Crippen LogP contribution is 2.56. The first kappa shape index (κ1) is 22.7. The number of hydrogen-bond acceptors (Lipinski definition) is 8. The van der Waals surface area contributed by atoms with E-state index in [4.69, 9.17) is 9.97 Å². The number of aromatic nitrogens is 3. The van der Waals surface area contributed by atoms with Crippen molar-refractivity contribution in [2.75, 3.05) is 36.0 Å². The monoisotopic (exact) mass is 482 g/mol. The molecule has 4 aliphatic rings. The highest BCUT2D eigenvalue weighted by molar-refractivity contribution is 5.86. The van der Waals surface area contributed by atoms with Crippen LogP contribution in [0, 0.1) is 28.1 Å². The van der Waals surface area contributed by atoms with Gasteiger partial charge in [-0.05, 0) is 57.6 Å². The maximum absolute atomic E-state index is 13.3. The van der Waals surface area contributed by atoms with Crippen LogP contribution < -0.4 is 9.80 Å². The minimum atomic E-state index is -0.809. The maximum Gasteiger partial charge on any atom is 0.243 e. The zero-order valence-corrected chi connectivity index (χ0v) is 20.7. The van der Waals surface area contributed by atoms with Crippen molar-refractivity contribution >= 4 is 23.4 Å². The molecule has 1 atom stereocenters.